The number of rotatable bonds is 7. The summed E-state index contributed by atoms with van der Waals surface area (Å²) in [5.41, 5.74) is 0.622. The number of nitrogens with one attached hydrogen (secondary N) is 1. The number of ether oxygens (including phenoxy) is 1. The van der Waals surface area contributed by atoms with Crippen molar-refractivity contribution in [2.24, 2.45) is 0 Å². The summed E-state index contributed by atoms with van der Waals surface area (Å²) >= 11 is 0.815. The highest BCUT2D eigenvalue weighted by molar-refractivity contribution is 8.18. The number of amides is 3. The van der Waals surface area contributed by atoms with Gasteiger partial charge in [0.15, 0.2) is 6.10 Å². The molecule has 1 aliphatic heterocycles. The maximum Gasteiger partial charge on any atom is 0.293 e. The van der Waals surface area contributed by atoms with Gasteiger partial charge in [-0.25, -0.2) is 4.39 Å². The van der Waals surface area contributed by atoms with Gasteiger partial charge in [-0.1, -0.05) is 30.3 Å². The number of carbonyl (C=O) groups is 3. The number of para-hydroxylation sites is 1. The fourth-order valence-corrected chi connectivity index (χ4v) is 3.46. The summed E-state index contributed by atoms with van der Waals surface area (Å²) in [6.07, 6.45) is 0.823. The highest BCUT2D eigenvalue weighted by Gasteiger charge is 2.34. The summed E-state index contributed by atoms with van der Waals surface area (Å²) in [5.74, 6) is -0.585. The summed E-state index contributed by atoms with van der Waals surface area (Å²) in [4.78, 5) is 38.0. The number of hydrogen-bond acceptors (Lipinski definition) is 5. The van der Waals surface area contributed by atoms with Crippen LogP contribution in [-0.2, 0) is 9.59 Å². The zero-order valence-electron chi connectivity index (χ0n) is 15.6. The molecule has 6 nitrogen and oxygen atoms in total. The van der Waals surface area contributed by atoms with E-state index in [0.29, 0.717) is 11.3 Å². The molecule has 8 heteroatoms. The molecule has 0 unspecified atom stereocenters. The van der Waals surface area contributed by atoms with Gasteiger partial charge < -0.3 is 10.1 Å². The van der Waals surface area contributed by atoms with Gasteiger partial charge in [0.2, 0.25) is 0 Å². The predicted octanol–water partition coefficient (Wildman–Crippen LogP) is 3.45. The standard InChI is InChI=1S/C21H19FN2O4S/c1-14(28-17-5-3-2-4-6-17)19(25)23-11-12-24-20(26)18(29-21(24)27)13-15-7-9-16(22)10-8-15/h2-10,13-14H,11-12H2,1H3,(H,23,25)/b18-13-/t14-/m1/s1. The Labute approximate surface area is 171 Å². The van der Waals surface area contributed by atoms with Gasteiger partial charge in [0.1, 0.15) is 11.6 Å². The SMILES string of the molecule is C[C@@H](Oc1ccccc1)C(=O)NCCN1C(=O)S/C(=C\c2ccc(F)cc2)C1=O. The second kappa shape index (κ2) is 9.38. The number of halogens is 1. The molecular formula is C21H19FN2O4S. The molecule has 29 heavy (non-hydrogen) atoms. The van der Waals surface area contributed by atoms with Crippen LogP contribution >= 0.6 is 11.8 Å². The molecule has 0 aromatic heterocycles. The van der Waals surface area contributed by atoms with E-state index in [1.165, 1.54) is 24.3 Å². The molecule has 2 aromatic rings. The second-order valence-electron chi connectivity index (χ2n) is 6.25. The zero-order valence-corrected chi connectivity index (χ0v) is 16.4. The van der Waals surface area contributed by atoms with Gasteiger partial charge in [-0.2, -0.15) is 0 Å². The first-order valence-corrected chi connectivity index (χ1v) is 9.76. The highest BCUT2D eigenvalue weighted by Crippen LogP contribution is 2.31. The van der Waals surface area contributed by atoms with Gasteiger partial charge in [-0.05, 0) is 54.6 Å². The molecule has 1 aliphatic rings. The Bertz CT molecular complexity index is 931. The Morgan fingerprint density at radius 1 is 1.17 bits per heavy atom. The first-order valence-electron chi connectivity index (χ1n) is 8.94. The Hall–Kier alpha value is -3.13. The summed E-state index contributed by atoms with van der Waals surface area (Å²) in [6, 6.07) is 14.6. The van der Waals surface area contributed by atoms with E-state index in [9.17, 15) is 18.8 Å². The van der Waals surface area contributed by atoms with E-state index in [2.05, 4.69) is 5.32 Å². The third-order valence-corrected chi connectivity index (χ3v) is 5.01. The Kier molecular flexibility index (Phi) is 6.66. The van der Waals surface area contributed by atoms with Crippen molar-refractivity contribution < 1.29 is 23.5 Å². The van der Waals surface area contributed by atoms with Crippen LogP contribution in [-0.4, -0.2) is 41.1 Å². The van der Waals surface area contributed by atoms with E-state index in [4.69, 9.17) is 4.74 Å². The van der Waals surface area contributed by atoms with E-state index >= 15 is 0 Å². The van der Waals surface area contributed by atoms with E-state index in [-0.39, 0.29) is 29.7 Å². The Morgan fingerprint density at radius 3 is 2.55 bits per heavy atom. The predicted molar refractivity (Wildman–Crippen MR) is 109 cm³/mol. The molecule has 1 N–H and O–H groups in total. The lowest BCUT2D eigenvalue weighted by atomic mass is 10.2. The summed E-state index contributed by atoms with van der Waals surface area (Å²) in [7, 11) is 0. The molecule has 0 saturated carbocycles. The first-order chi connectivity index (χ1) is 13.9. The molecule has 2 aromatic carbocycles. The molecule has 3 amide bonds. The molecule has 0 spiro atoms. The van der Waals surface area contributed by atoms with Crippen LogP contribution in [0, 0.1) is 5.82 Å². The molecule has 0 bridgehead atoms. The Balaban J connectivity index is 1.51. The normalized spacial score (nSPS) is 16.2. The van der Waals surface area contributed by atoms with Crippen molar-refractivity contribution in [3.05, 3.63) is 70.9 Å². The van der Waals surface area contributed by atoms with Crippen LogP contribution in [0.1, 0.15) is 12.5 Å². The molecule has 0 radical (unpaired) electrons. The lowest BCUT2D eigenvalue weighted by molar-refractivity contribution is -0.128. The van der Waals surface area contributed by atoms with E-state index in [1.807, 2.05) is 6.07 Å². The van der Waals surface area contributed by atoms with Gasteiger partial charge in [-0.3, -0.25) is 19.3 Å². The Morgan fingerprint density at radius 2 is 1.86 bits per heavy atom. The molecule has 1 fully saturated rings. The number of benzene rings is 2. The third kappa shape index (κ3) is 5.45. The van der Waals surface area contributed by atoms with Crippen molar-refractivity contribution in [1.29, 1.82) is 0 Å². The van der Waals surface area contributed by atoms with Gasteiger partial charge in [-0.15, -0.1) is 0 Å². The molecule has 3 rings (SSSR count). The monoisotopic (exact) mass is 414 g/mol. The van der Waals surface area contributed by atoms with Gasteiger partial charge in [0, 0.05) is 13.1 Å². The van der Waals surface area contributed by atoms with Crippen LogP contribution in [0.2, 0.25) is 0 Å². The number of thioether (sulfide) groups is 1. The van der Waals surface area contributed by atoms with Gasteiger partial charge in [0.05, 0.1) is 4.91 Å². The second-order valence-corrected chi connectivity index (χ2v) is 7.24. The topological polar surface area (TPSA) is 75.7 Å². The number of imide groups is 1. The van der Waals surface area contributed by atoms with Crippen LogP contribution in [0.5, 0.6) is 5.75 Å². The maximum absolute atomic E-state index is 13.0. The smallest absolute Gasteiger partial charge is 0.293 e. The van der Waals surface area contributed by atoms with Crippen LogP contribution in [0.3, 0.4) is 0 Å². The van der Waals surface area contributed by atoms with Crippen molar-refractivity contribution in [3.63, 3.8) is 0 Å². The minimum atomic E-state index is -0.717. The maximum atomic E-state index is 13.0. The van der Waals surface area contributed by atoms with E-state index in [0.717, 1.165) is 16.7 Å². The van der Waals surface area contributed by atoms with Crippen LogP contribution in [0.4, 0.5) is 9.18 Å². The third-order valence-electron chi connectivity index (χ3n) is 4.10. The number of hydrogen-bond donors (Lipinski definition) is 1. The molecule has 1 saturated heterocycles. The average Bonchev–Trinajstić information content (AvgIpc) is 2.97. The van der Waals surface area contributed by atoms with Gasteiger partial charge in [0.25, 0.3) is 17.1 Å². The molecular weight excluding hydrogens is 395 g/mol. The molecule has 0 aliphatic carbocycles. The summed E-state index contributed by atoms with van der Waals surface area (Å²) in [6.45, 7) is 1.78. The minimum Gasteiger partial charge on any atom is -0.481 e. The number of nitrogens with zero attached hydrogens (tertiary/aromatic N) is 1. The largest absolute Gasteiger partial charge is 0.481 e. The quantitative estimate of drug-likeness (QED) is 0.703. The van der Waals surface area contributed by atoms with Crippen LogP contribution in [0.25, 0.3) is 6.08 Å². The molecule has 1 heterocycles. The van der Waals surface area contributed by atoms with E-state index in [1.54, 1.807) is 37.3 Å². The fourth-order valence-electron chi connectivity index (χ4n) is 2.59. The van der Waals surface area contributed by atoms with Gasteiger partial charge >= 0.3 is 0 Å². The molecule has 1 atom stereocenters. The lowest BCUT2D eigenvalue weighted by Gasteiger charge is -2.16. The first kappa shape index (κ1) is 20.6. The summed E-state index contributed by atoms with van der Waals surface area (Å²) in [5, 5.41) is 2.25. The molecule has 150 valence electrons. The summed E-state index contributed by atoms with van der Waals surface area (Å²) < 4.78 is 18.5. The average molecular weight is 414 g/mol. The minimum absolute atomic E-state index is 0.0508. The van der Waals surface area contributed by atoms with E-state index < -0.39 is 17.3 Å². The zero-order chi connectivity index (χ0) is 20.8. The number of carbonyl (C=O) groups excluding carboxylic acids is 3. The van der Waals surface area contributed by atoms with Crippen molar-refractivity contribution in [2.45, 2.75) is 13.0 Å². The highest BCUT2D eigenvalue weighted by atomic mass is 32.2. The van der Waals surface area contributed by atoms with Crippen molar-refractivity contribution in [2.75, 3.05) is 13.1 Å². The van der Waals surface area contributed by atoms with Crippen molar-refractivity contribution in [3.8, 4) is 5.75 Å². The van der Waals surface area contributed by atoms with Crippen molar-refractivity contribution >= 4 is 34.9 Å². The van der Waals surface area contributed by atoms with Crippen LogP contribution < -0.4 is 10.1 Å². The van der Waals surface area contributed by atoms with Crippen molar-refractivity contribution in [1.82, 2.24) is 10.2 Å². The fraction of sp³-hybridized carbons (Fsp3) is 0.190. The lowest BCUT2D eigenvalue weighted by Crippen LogP contribution is -2.41. The van der Waals surface area contributed by atoms with Crippen LogP contribution in [0.15, 0.2) is 59.5 Å².